The van der Waals surface area contributed by atoms with Gasteiger partial charge >= 0.3 is 6.09 Å². The summed E-state index contributed by atoms with van der Waals surface area (Å²) in [5, 5.41) is 9.22. The molecule has 1 N–H and O–H groups in total. The molecule has 1 atom stereocenters. The molecule has 8 heteroatoms. The summed E-state index contributed by atoms with van der Waals surface area (Å²) in [5.41, 5.74) is 5.59. The van der Waals surface area contributed by atoms with Crippen molar-refractivity contribution in [2.24, 2.45) is 7.05 Å². The minimum atomic E-state index is -0.509. The van der Waals surface area contributed by atoms with Gasteiger partial charge in [-0.15, -0.1) is 0 Å². The molecular weight excluding hydrogens is 586 g/mol. The summed E-state index contributed by atoms with van der Waals surface area (Å²) in [5.74, 6) is 0.544. The van der Waals surface area contributed by atoms with Crippen LogP contribution >= 0.6 is 0 Å². The van der Waals surface area contributed by atoms with Gasteiger partial charge in [0.15, 0.2) is 6.10 Å². The van der Waals surface area contributed by atoms with E-state index in [-0.39, 0.29) is 23.8 Å². The van der Waals surface area contributed by atoms with Gasteiger partial charge in [-0.25, -0.2) is 9.78 Å². The van der Waals surface area contributed by atoms with Crippen molar-refractivity contribution in [1.82, 2.24) is 20.1 Å². The van der Waals surface area contributed by atoms with E-state index < -0.39 is 5.60 Å². The molecule has 3 heterocycles. The first-order valence-electron chi connectivity index (χ1n) is 16.6. The first kappa shape index (κ1) is 30.8. The van der Waals surface area contributed by atoms with E-state index in [1.54, 1.807) is 6.20 Å². The quantitative estimate of drug-likeness (QED) is 0.195. The Morgan fingerprint density at radius 1 is 0.957 bits per heavy atom. The second-order valence-electron chi connectivity index (χ2n) is 13.9. The van der Waals surface area contributed by atoms with Gasteiger partial charge in [-0.05, 0) is 94.3 Å². The number of carbonyl (C=O) groups is 1. The number of rotatable bonds is 7. The third-order valence-electron chi connectivity index (χ3n) is 9.51. The van der Waals surface area contributed by atoms with Gasteiger partial charge in [0.25, 0.3) is 0 Å². The van der Waals surface area contributed by atoms with E-state index in [0.717, 1.165) is 65.5 Å². The molecule has 47 heavy (non-hydrogen) atoms. The number of ether oxygens (including phenoxy) is 2. The predicted octanol–water partition coefficient (Wildman–Crippen LogP) is 8.22. The number of nitrogens with one attached hydrogen (secondary N) is 1. The number of aromatic nitrogens is 3. The van der Waals surface area contributed by atoms with Crippen molar-refractivity contribution in [3.8, 4) is 17.1 Å². The lowest BCUT2D eigenvalue weighted by Gasteiger charge is -2.56. The van der Waals surface area contributed by atoms with Crippen LogP contribution in [0.15, 0.2) is 97.2 Å². The fourth-order valence-electron chi connectivity index (χ4n) is 7.23. The highest BCUT2D eigenvalue weighted by Crippen LogP contribution is 2.47. The number of piperidine rings is 1. The van der Waals surface area contributed by atoms with E-state index in [1.165, 1.54) is 12.1 Å². The Balaban J connectivity index is 1.17. The standard InChI is InChI=1S/C39H43N5O3/c1-38(2,3)47-37(45)41-29-20-24-44(39(26-29)21-12-22-39)30-18-19-31-33(25-30)43(4)42-34(31)32-17-11-23-40-36(32)46-35(27-13-7-5-8-14-27)28-15-9-6-10-16-28/h5-11,13-19,23,25,29,35H,12,20-22,24,26H2,1-4H3,(H,41,45). The number of fused-ring (bicyclic) bond motifs is 1. The summed E-state index contributed by atoms with van der Waals surface area (Å²) in [6, 6.07) is 31.3. The molecule has 1 saturated heterocycles. The molecule has 2 fully saturated rings. The molecule has 2 aliphatic rings. The van der Waals surface area contributed by atoms with Crippen molar-refractivity contribution in [2.45, 2.75) is 76.2 Å². The third kappa shape index (κ3) is 6.29. The van der Waals surface area contributed by atoms with Crippen molar-refractivity contribution in [1.29, 1.82) is 0 Å². The first-order chi connectivity index (χ1) is 22.7. The molecule has 8 nitrogen and oxygen atoms in total. The molecule has 7 rings (SSSR count). The number of hydrogen-bond donors (Lipinski definition) is 1. The van der Waals surface area contributed by atoms with Gasteiger partial charge in [0.2, 0.25) is 5.88 Å². The van der Waals surface area contributed by atoms with Gasteiger partial charge < -0.3 is 19.7 Å². The molecule has 1 amide bonds. The molecule has 0 bridgehead atoms. The highest BCUT2D eigenvalue weighted by Gasteiger charge is 2.47. The van der Waals surface area contributed by atoms with Gasteiger partial charge in [0.1, 0.15) is 11.3 Å². The van der Waals surface area contributed by atoms with Gasteiger partial charge in [-0.1, -0.05) is 60.7 Å². The zero-order valence-electron chi connectivity index (χ0n) is 27.6. The summed E-state index contributed by atoms with van der Waals surface area (Å²) in [6.45, 7) is 6.57. The average Bonchev–Trinajstić information content (AvgIpc) is 3.38. The van der Waals surface area contributed by atoms with Crippen molar-refractivity contribution in [3.05, 3.63) is 108 Å². The molecular formula is C39H43N5O3. The number of pyridine rings is 1. The van der Waals surface area contributed by atoms with Gasteiger partial charge in [-0.3, -0.25) is 4.68 Å². The fraction of sp³-hybridized carbons (Fsp3) is 0.359. The number of alkyl carbamates (subject to hydrolysis) is 1. The number of aryl methyl sites for hydroxylation is 1. The van der Waals surface area contributed by atoms with Crippen molar-refractivity contribution in [2.75, 3.05) is 11.4 Å². The van der Waals surface area contributed by atoms with E-state index in [4.69, 9.17) is 19.6 Å². The van der Waals surface area contributed by atoms with Crippen molar-refractivity contribution < 1.29 is 14.3 Å². The SMILES string of the molecule is Cn1nc(-c2cccnc2OC(c2ccccc2)c2ccccc2)c2ccc(N3CCC(NC(=O)OC(C)(C)C)CC34CCC4)cc21. The minimum Gasteiger partial charge on any atom is -0.464 e. The topological polar surface area (TPSA) is 81.5 Å². The highest BCUT2D eigenvalue weighted by molar-refractivity contribution is 5.96. The zero-order valence-corrected chi connectivity index (χ0v) is 27.6. The molecule has 2 aromatic heterocycles. The second-order valence-corrected chi connectivity index (χ2v) is 13.9. The summed E-state index contributed by atoms with van der Waals surface area (Å²) in [7, 11) is 2.00. The van der Waals surface area contributed by atoms with Gasteiger partial charge in [-0.2, -0.15) is 5.10 Å². The fourth-order valence-corrected chi connectivity index (χ4v) is 7.23. The summed E-state index contributed by atoms with van der Waals surface area (Å²) in [6.07, 6.45) is 6.35. The molecule has 1 aliphatic heterocycles. The summed E-state index contributed by atoms with van der Waals surface area (Å²) < 4.78 is 14.3. The molecule has 0 radical (unpaired) electrons. The van der Waals surface area contributed by atoms with Crippen LogP contribution in [0.25, 0.3) is 22.2 Å². The van der Waals surface area contributed by atoms with E-state index in [9.17, 15) is 4.79 Å². The van der Waals surface area contributed by atoms with Crippen LogP contribution in [0, 0.1) is 0 Å². The summed E-state index contributed by atoms with van der Waals surface area (Å²) in [4.78, 5) is 19.8. The van der Waals surface area contributed by atoms with Crippen LogP contribution in [0.1, 0.15) is 70.1 Å². The number of amides is 1. The number of carbonyl (C=O) groups excluding carboxylic acids is 1. The maximum Gasteiger partial charge on any atom is 0.407 e. The molecule has 1 spiro atoms. The Kier molecular flexibility index (Phi) is 8.12. The number of hydrogen-bond acceptors (Lipinski definition) is 6. The van der Waals surface area contributed by atoms with E-state index in [2.05, 4.69) is 52.7 Å². The average molecular weight is 630 g/mol. The maximum absolute atomic E-state index is 12.6. The second kappa shape index (κ2) is 12.4. The van der Waals surface area contributed by atoms with Crippen LogP contribution in [0.4, 0.5) is 10.5 Å². The number of anilines is 1. The van der Waals surface area contributed by atoms with Gasteiger partial charge in [0.05, 0.1) is 11.1 Å². The van der Waals surface area contributed by atoms with Crippen LogP contribution in [0.5, 0.6) is 5.88 Å². The van der Waals surface area contributed by atoms with Crippen molar-refractivity contribution >= 4 is 22.7 Å². The maximum atomic E-state index is 12.6. The van der Waals surface area contributed by atoms with Crippen LogP contribution in [-0.4, -0.2) is 44.6 Å². The lowest BCUT2D eigenvalue weighted by atomic mass is 9.68. The van der Waals surface area contributed by atoms with Crippen LogP contribution in [0.2, 0.25) is 0 Å². The Morgan fingerprint density at radius 2 is 1.66 bits per heavy atom. The van der Waals surface area contributed by atoms with Gasteiger partial charge in [0, 0.05) is 42.4 Å². The molecule has 1 aliphatic carbocycles. The monoisotopic (exact) mass is 629 g/mol. The third-order valence-corrected chi connectivity index (χ3v) is 9.51. The lowest BCUT2D eigenvalue weighted by molar-refractivity contribution is 0.0467. The van der Waals surface area contributed by atoms with E-state index >= 15 is 0 Å². The Hall–Kier alpha value is -4.85. The lowest BCUT2D eigenvalue weighted by Crippen LogP contribution is -2.62. The van der Waals surface area contributed by atoms with Crippen LogP contribution in [0.3, 0.4) is 0 Å². The zero-order chi connectivity index (χ0) is 32.6. The Labute approximate surface area is 276 Å². The molecule has 1 saturated carbocycles. The van der Waals surface area contributed by atoms with Crippen LogP contribution in [-0.2, 0) is 11.8 Å². The molecule has 242 valence electrons. The van der Waals surface area contributed by atoms with E-state index in [0.29, 0.717) is 5.88 Å². The number of benzene rings is 3. The smallest absolute Gasteiger partial charge is 0.407 e. The largest absolute Gasteiger partial charge is 0.464 e. The Bertz CT molecular complexity index is 1820. The van der Waals surface area contributed by atoms with Crippen LogP contribution < -0.4 is 15.0 Å². The predicted molar refractivity (Wildman–Crippen MR) is 186 cm³/mol. The molecule has 5 aromatic rings. The molecule has 3 aromatic carbocycles. The highest BCUT2D eigenvalue weighted by atomic mass is 16.6. The normalized spacial score (nSPS) is 17.5. The molecule has 1 unspecified atom stereocenters. The Morgan fingerprint density at radius 3 is 2.30 bits per heavy atom. The van der Waals surface area contributed by atoms with Crippen molar-refractivity contribution in [3.63, 3.8) is 0 Å². The van der Waals surface area contributed by atoms with E-state index in [1.807, 2.05) is 81.0 Å². The number of nitrogens with zero attached hydrogens (tertiary/aromatic N) is 4. The minimum absolute atomic E-state index is 0.0429. The summed E-state index contributed by atoms with van der Waals surface area (Å²) >= 11 is 0. The first-order valence-corrected chi connectivity index (χ1v) is 16.6.